The van der Waals surface area contributed by atoms with E-state index in [0.29, 0.717) is 0 Å². The minimum absolute atomic E-state index is 0.166. The van der Waals surface area contributed by atoms with Gasteiger partial charge in [0.2, 0.25) is 0 Å². The first-order chi connectivity index (χ1) is 25.1. The first kappa shape index (κ1) is 34.7. The summed E-state index contributed by atoms with van der Waals surface area (Å²) in [5.74, 6) is 0. The van der Waals surface area contributed by atoms with E-state index < -0.39 is 0 Å². The SMILES string of the molecule is C=C/C=C\c1c(C)c2c(n1-c1ccc(C(C)(C)c3ccc(C(C)(C)c4ccc(-n5c(/C=C\C=C)c(C)c6c5CNC=C6)cc4)cc3)cc1)CNC=C2. The Morgan fingerprint density at radius 3 is 1.19 bits per heavy atom. The van der Waals surface area contributed by atoms with Crippen LogP contribution in [-0.2, 0) is 23.9 Å². The Hall–Kier alpha value is -5.74. The van der Waals surface area contributed by atoms with Crippen LogP contribution in [0.3, 0.4) is 0 Å². The average molecular weight is 683 g/mol. The fraction of sp³-hybridized carbons (Fsp3) is 0.208. The number of benzene rings is 3. The average Bonchev–Trinajstić information content (AvgIpc) is 3.62. The van der Waals surface area contributed by atoms with Gasteiger partial charge in [0.05, 0.1) is 13.1 Å². The van der Waals surface area contributed by atoms with Crippen molar-refractivity contribution in [3.63, 3.8) is 0 Å². The first-order valence-corrected chi connectivity index (χ1v) is 18.3. The molecule has 7 rings (SSSR count). The molecule has 2 N–H and O–H groups in total. The third-order valence-electron chi connectivity index (χ3n) is 11.3. The van der Waals surface area contributed by atoms with Gasteiger partial charge in [-0.25, -0.2) is 0 Å². The number of nitrogens with zero attached hydrogens (tertiary/aromatic N) is 2. The summed E-state index contributed by atoms with van der Waals surface area (Å²) < 4.78 is 4.75. The molecule has 0 atom stereocenters. The largest absolute Gasteiger partial charge is 0.385 e. The second-order valence-electron chi connectivity index (χ2n) is 15.0. The van der Waals surface area contributed by atoms with Crippen LogP contribution < -0.4 is 10.6 Å². The number of fused-ring (bicyclic) bond motifs is 2. The molecule has 4 heterocycles. The van der Waals surface area contributed by atoms with Gasteiger partial charge in [-0.2, -0.15) is 0 Å². The molecule has 52 heavy (non-hydrogen) atoms. The van der Waals surface area contributed by atoms with Gasteiger partial charge in [0.1, 0.15) is 0 Å². The van der Waals surface area contributed by atoms with Crippen molar-refractivity contribution in [1.82, 2.24) is 19.8 Å². The van der Waals surface area contributed by atoms with Crippen LogP contribution in [-0.4, -0.2) is 9.13 Å². The second kappa shape index (κ2) is 13.8. The minimum Gasteiger partial charge on any atom is -0.385 e. The van der Waals surface area contributed by atoms with Crippen LogP contribution >= 0.6 is 0 Å². The molecule has 0 fully saturated rings. The number of aromatic nitrogens is 2. The monoisotopic (exact) mass is 682 g/mol. The van der Waals surface area contributed by atoms with Crippen molar-refractivity contribution in [3.05, 3.63) is 190 Å². The van der Waals surface area contributed by atoms with E-state index in [-0.39, 0.29) is 10.8 Å². The summed E-state index contributed by atoms with van der Waals surface area (Å²) in [6.45, 7) is 23.1. The van der Waals surface area contributed by atoms with Crippen LogP contribution in [0.4, 0.5) is 0 Å². The van der Waals surface area contributed by atoms with Gasteiger partial charge in [-0.05, 0) is 108 Å². The van der Waals surface area contributed by atoms with Crippen LogP contribution in [0.1, 0.15) is 95.0 Å². The molecule has 2 aliphatic rings. The lowest BCUT2D eigenvalue weighted by Gasteiger charge is -2.30. The van der Waals surface area contributed by atoms with Gasteiger partial charge in [0, 0.05) is 56.1 Å². The lowest BCUT2D eigenvalue weighted by atomic mass is 9.74. The molecule has 0 aliphatic carbocycles. The molecule has 0 saturated carbocycles. The standard InChI is InChI=1S/C48H50N4/c1-9-11-13-43-33(3)41-27-29-49-31-45(41)51(43)39-23-19-37(20-24-39)47(5,6)35-15-17-36(18-16-35)48(7,8)38-21-25-40(26-22-38)52-44(14-12-10-2)34(4)42-28-30-50-32-46(42)52/h9-30,49-50H,1-2,31-32H2,3-8H3/b13-11-,14-12-. The van der Waals surface area contributed by atoms with Crippen molar-refractivity contribution < 1.29 is 0 Å². The van der Waals surface area contributed by atoms with Gasteiger partial charge in [-0.3, -0.25) is 0 Å². The number of rotatable bonds is 10. The molecule has 0 radical (unpaired) electrons. The Morgan fingerprint density at radius 1 is 0.538 bits per heavy atom. The van der Waals surface area contributed by atoms with Gasteiger partial charge in [-0.15, -0.1) is 0 Å². The van der Waals surface area contributed by atoms with Crippen molar-refractivity contribution in [1.29, 1.82) is 0 Å². The Labute approximate surface area is 309 Å². The van der Waals surface area contributed by atoms with E-state index in [2.05, 4.69) is 172 Å². The molecule has 0 spiro atoms. The van der Waals surface area contributed by atoms with Crippen molar-refractivity contribution >= 4 is 24.3 Å². The summed E-state index contributed by atoms with van der Waals surface area (Å²) in [6.07, 6.45) is 20.5. The van der Waals surface area contributed by atoms with E-state index in [0.717, 1.165) is 24.5 Å². The molecule has 3 aromatic carbocycles. The number of allylic oxidation sites excluding steroid dienone is 4. The molecule has 5 aromatic rings. The highest BCUT2D eigenvalue weighted by Gasteiger charge is 2.28. The molecule has 0 unspecified atom stereocenters. The summed E-state index contributed by atoms with van der Waals surface area (Å²) in [5, 5.41) is 6.81. The van der Waals surface area contributed by atoms with Crippen LogP contribution in [0, 0.1) is 13.8 Å². The Kier molecular flexibility index (Phi) is 9.18. The fourth-order valence-corrected chi connectivity index (χ4v) is 7.96. The normalized spacial score (nSPS) is 14.0. The van der Waals surface area contributed by atoms with E-state index in [9.17, 15) is 0 Å². The lowest BCUT2D eigenvalue weighted by Crippen LogP contribution is -2.22. The molecular weight excluding hydrogens is 633 g/mol. The molecule has 2 aliphatic heterocycles. The zero-order chi connectivity index (χ0) is 36.6. The zero-order valence-corrected chi connectivity index (χ0v) is 31.4. The minimum atomic E-state index is -0.166. The Morgan fingerprint density at radius 2 is 0.865 bits per heavy atom. The second-order valence-corrected chi connectivity index (χ2v) is 15.0. The van der Waals surface area contributed by atoms with Crippen molar-refractivity contribution in [2.45, 2.75) is 65.5 Å². The highest BCUT2D eigenvalue weighted by atomic mass is 15.0. The van der Waals surface area contributed by atoms with Crippen LogP contribution in [0.2, 0.25) is 0 Å². The third kappa shape index (κ3) is 5.92. The molecule has 262 valence electrons. The van der Waals surface area contributed by atoms with Crippen LogP contribution in [0.5, 0.6) is 0 Å². The summed E-state index contributed by atoms with van der Waals surface area (Å²) in [5.41, 5.74) is 17.3. The van der Waals surface area contributed by atoms with Crippen LogP contribution in [0.25, 0.3) is 35.7 Å². The number of hydrogen-bond donors (Lipinski definition) is 2. The quantitative estimate of drug-likeness (QED) is 0.144. The van der Waals surface area contributed by atoms with E-state index in [1.807, 2.05) is 36.7 Å². The first-order valence-electron chi connectivity index (χ1n) is 18.3. The maximum absolute atomic E-state index is 3.90. The summed E-state index contributed by atoms with van der Waals surface area (Å²) in [6, 6.07) is 27.5. The Bertz CT molecular complexity index is 2100. The number of hydrogen-bond acceptors (Lipinski definition) is 2. The van der Waals surface area contributed by atoms with Gasteiger partial charge in [0.15, 0.2) is 0 Å². The predicted octanol–water partition coefficient (Wildman–Crippen LogP) is 11.1. The molecule has 0 bridgehead atoms. The maximum atomic E-state index is 3.90. The van der Waals surface area contributed by atoms with E-state index >= 15 is 0 Å². The van der Waals surface area contributed by atoms with E-state index in [1.165, 1.54) is 67.3 Å². The smallest absolute Gasteiger partial charge is 0.0557 e. The van der Waals surface area contributed by atoms with Gasteiger partial charge < -0.3 is 19.8 Å². The maximum Gasteiger partial charge on any atom is 0.0557 e. The number of nitrogens with one attached hydrogen (secondary N) is 2. The molecule has 2 aromatic heterocycles. The molecule has 4 heteroatoms. The van der Waals surface area contributed by atoms with E-state index in [4.69, 9.17) is 0 Å². The van der Waals surface area contributed by atoms with Crippen LogP contribution in [0.15, 0.2) is 123 Å². The van der Waals surface area contributed by atoms with E-state index in [1.54, 1.807) is 0 Å². The molecule has 0 saturated heterocycles. The summed E-state index contributed by atoms with van der Waals surface area (Å²) in [4.78, 5) is 0. The van der Waals surface area contributed by atoms with Crippen molar-refractivity contribution in [3.8, 4) is 11.4 Å². The van der Waals surface area contributed by atoms with Crippen molar-refractivity contribution in [2.24, 2.45) is 0 Å². The summed E-state index contributed by atoms with van der Waals surface area (Å²) >= 11 is 0. The van der Waals surface area contributed by atoms with Gasteiger partial charge in [0.25, 0.3) is 0 Å². The lowest BCUT2D eigenvalue weighted by molar-refractivity contribution is 0.626. The molecule has 0 amide bonds. The highest BCUT2D eigenvalue weighted by Crippen LogP contribution is 2.38. The summed E-state index contributed by atoms with van der Waals surface area (Å²) in [7, 11) is 0. The zero-order valence-electron chi connectivity index (χ0n) is 31.4. The molecular formula is C48H50N4. The van der Waals surface area contributed by atoms with Crippen molar-refractivity contribution in [2.75, 3.05) is 0 Å². The fourth-order valence-electron chi connectivity index (χ4n) is 7.96. The molecule has 4 nitrogen and oxygen atoms in total. The van der Waals surface area contributed by atoms with Gasteiger partial charge in [-0.1, -0.05) is 114 Å². The third-order valence-corrected chi connectivity index (χ3v) is 11.3. The van der Waals surface area contributed by atoms with Gasteiger partial charge >= 0.3 is 0 Å². The Balaban J connectivity index is 1.14. The highest BCUT2D eigenvalue weighted by molar-refractivity contribution is 5.71. The topological polar surface area (TPSA) is 33.9 Å². The predicted molar refractivity (Wildman–Crippen MR) is 222 cm³/mol.